The molecular formula is C14H21Cl2NS. The summed E-state index contributed by atoms with van der Waals surface area (Å²) in [6, 6.07) is 6.18. The summed E-state index contributed by atoms with van der Waals surface area (Å²) < 4.78 is 0. The second-order valence-electron chi connectivity index (χ2n) is 4.33. The quantitative estimate of drug-likeness (QED) is 0.658. The molecule has 1 unspecified atom stereocenters. The van der Waals surface area contributed by atoms with Crippen molar-refractivity contribution in [2.45, 2.75) is 44.0 Å². The van der Waals surface area contributed by atoms with Crippen LogP contribution in [0.15, 0.2) is 23.1 Å². The van der Waals surface area contributed by atoms with Crippen molar-refractivity contribution in [3.63, 3.8) is 0 Å². The molecule has 1 N–H and O–H groups in total. The van der Waals surface area contributed by atoms with E-state index in [1.807, 2.05) is 18.2 Å². The predicted molar refractivity (Wildman–Crippen MR) is 84.2 cm³/mol. The SMILES string of the molecule is CCCNC(CCC)CSc1cc(Cl)ccc1Cl. The van der Waals surface area contributed by atoms with Crippen molar-refractivity contribution >= 4 is 35.0 Å². The minimum absolute atomic E-state index is 0.551. The number of hydrogen-bond donors (Lipinski definition) is 1. The minimum atomic E-state index is 0.551. The lowest BCUT2D eigenvalue weighted by Crippen LogP contribution is -2.31. The summed E-state index contributed by atoms with van der Waals surface area (Å²) in [7, 11) is 0. The average molecular weight is 306 g/mol. The standard InChI is InChI=1S/C14H21Cl2NS/c1-3-5-12(17-8-4-2)10-18-14-9-11(15)6-7-13(14)16/h6-7,9,12,17H,3-5,8,10H2,1-2H3. The van der Waals surface area contributed by atoms with Crippen molar-refractivity contribution in [3.05, 3.63) is 28.2 Å². The number of nitrogens with one attached hydrogen (secondary N) is 1. The van der Waals surface area contributed by atoms with Gasteiger partial charge in [0.1, 0.15) is 0 Å². The van der Waals surface area contributed by atoms with Gasteiger partial charge in [0.25, 0.3) is 0 Å². The lowest BCUT2D eigenvalue weighted by Gasteiger charge is -2.17. The molecule has 0 aliphatic rings. The van der Waals surface area contributed by atoms with Gasteiger partial charge in [0.05, 0.1) is 5.02 Å². The highest BCUT2D eigenvalue weighted by molar-refractivity contribution is 7.99. The number of benzene rings is 1. The van der Waals surface area contributed by atoms with Gasteiger partial charge >= 0.3 is 0 Å². The van der Waals surface area contributed by atoms with Gasteiger partial charge in [-0.05, 0) is 37.6 Å². The van der Waals surface area contributed by atoms with Crippen LogP contribution in [0, 0.1) is 0 Å². The van der Waals surface area contributed by atoms with Gasteiger partial charge in [-0.3, -0.25) is 0 Å². The molecule has 102 valence electrons. The molecule has 0 aliphatic heterocycles. The lowest BCUT2D eigenvalue weighted by atomic mass is 10.2. The van der Waals surface area contributed by atoms with Crippen LogP contribution in [-0.2, 0) is 0 Å². The van der Waals surface area contributed by atoms with Gasteiger partial charge in [-0.1, -0.05) is 43.5 Å². The van der Waals surface area contributed by atoms with Crippen LogP contribution < -0.4 is 5.32 Å². The van der Waals surface area contributed by atoms with Gasteiger partial charge in [0.2, 0.25) is 0 Å². The Kier molecular flexibility index (Phi) is 8.16. The van der Waals surface area contributed by atoms with E-state index >= 15 is 0 Å². The Morgan fingerprint density at radius 1 is 1.22 bits per heavy atom. The zero-order valence-electron chi connectivity index (χ0n) is 11.0. The highest BCUT2D eigenvalue weighted by Crippen LogP contribution is 2.30. The fraction of sp³-hybridized carbons (Fsp3) is 0.571. The zero-order chi connectivity index (χ0) is 13.4. The molecule has 1 aromatic rings. The molecule has 0 radical (unpaired) electrons. The highest BCUT2D eigenvalue weighted by atomic mass is 35.5. The minimum Gasteiger partial charge on any atom is -0.313 e. The van der Waals surface area contributed by atoms with E-state index in [2.05, 4.69) is 19.2 Å². The van der Waals surface area contributed by atoms with Crippen LogP contribution in [0.3, 0.4) is 0 Å². The summed E-state index contributed by atoms with van der Waals surface area (Å²) in [5.41, 5.74) is 0. The first-order valence-corrected chi connectivity index (χ1v) is 8.22. The number of hydrogen-bond acceptors (Lipinski definition) is 2. The normalized spacial score (nSPS) is 12.7. The summed E-state index contributed by atoms with van der Waals surface area (Å²) in [5.74, 6) is 1.04. The lowest BCUT2D eigenvalue weighted by molar-refractivity contribution is 0.514. The summed E-state index contributed by atoms with van der Waals surface area (Å²) in [6.07, 6.45) is 3.57. The first kappa shape index (κ1) is 16.2. The molecular weight excluding hydrogens is 285 g/mol. The maximum absolute atomic E-state index is 6.16. The van der Waals surface area contributed by atoms with Gasteiger partial charge in [0, 0.05) is 21.7 Å². The van der Waals surface area contributed by atoms with Crippen LogP contribution in [0.2, 0.25) is 10.0 Å². The first-order chi connectivity index (χ1) is 8.67. The third-order valence-corrected chi connectivity index (χ3v) is 4.55. The van der Waals surface area contributed by atoms with E-state index in [4.69, 9.17) is 23.2 Å². The van der Waals surface area contributed by atoms with E-state index in [9.17, 15) is 0 Å². The molecule has 1 rings (SSSR count). The second kappa shape index (κ2) is 9.08. The molecule has 0 fully saturated rings. The molecule has 0 aliphatic carbocycles. The van der Waals surface area contributed by atoms with Crippen LogP contribution in [0.4, 0.5) is 0 Å². The van der Waals surface area contributed by atoms with Gasteiger partial charge in [-0.2, -0.15) is 0 Å². The fourth-order valence-electron chi connectivity index (χ4n) is 1.72. The molecule has 0 saturated heterocycles. The topological polar surface area (TPSA) is 12.0 Å². The van der Waals surface area contributed by atoms with Gasteiger partial charge in [-0.15, -0.1) is 11.8 Å². The molecule has 0 amide bonds. The van der Waals surface area contributed by atoms with E-state index in [1.165, 1.54) is 19.3 Å². The van der Waals surface area contributed by atoms with E-state index < -0.39 is 0 Å². The molecule has 1 nitrogen and oxygen atoms in total. The van der Waals surface area contributed by atoms with Crippen LogP contribution in [0.5, 0.6) is 0 Å². The molecule has 1 atom stereocenters. The van der Waals surface area contributed by atoms with Crippen LogP contribution >= 0.6 is 35.0 Å². The maximum Gasteiger partial charge on any atom is 0.0542 e. The van der Waals surface area contributed by atoms with Crippen LogP contribution in [0.25, 0.3) is 0 Å². The van der Waals surface area contributed by atoms with Crippen molar-refractivity contribution in [2.24, 2.45) is 0 Å². The molecule has 0 saturated carbocycles. The predicted octanol–water partition coefficient (Wildman–Crippen LogP) is 5.25. The monoisotopic (exact) mass is 305 g/mol. The van der Waals surface area contributed by atoms with E-state index in [0.717, 1.165) is 27.2 Å². The van der Waals surface area contributed by atoms with Crippen LogP contribution in [0.1, 0.15) is 33.1 Å². The van der Waals surface area contributed by atoms with E-state index in [-0.39, 0.29) is 0 Å². The van der Waals surface area contributed by atoms with Crippen molar-refractivity contribution in [3.8, 4) is 0 Å². The number of rotatable bonds is 8. The largest absolute Gasteiger partial charge is 0.313 e. The molecule has 0 bridgehead atoms. The molecule has 0 spiro atoms. The summed E-state index contributed by atoms with van der Waals surface area (Å²) in [6.45, 7) is 5.49. The van der Waals surface area contributed by atoms with Crippen LogP contribution in [-0.4, -0.2) is 18.3 Å². The summed E-state index contributed by atoms with van der Waals surface area (Å²) in [4.78, 5) is 1.07. The molecule has 4 heteroatoms. The fourth-order valence-corrected chi connectivity index (χ4v) is 3.32. The first-order valence-electron chi connectivity index (χ1n) is 6.48. The number of thioether (sulfide) groups is 1. The Balaban J connectivity index is 2.52. The summed E-state index contributed by atoms with van der Waals surface area (Å²) >= 11 is 13.9. The van der Waals surface area contributed by atoms with Crippen molar-refractivity contribution in [2.75, 3.05) is 12.3 Å². The Morgan fingerprint density at radius 2 is 2.00 bits per heavy atom. The van der Waals surface area contributed by atoms with Gasteiger partial charge in [0.15, 0.2) is 0 Å². The van der Waals surface area contributed by atoms with Gasteiger partial charge in [-0.25, -0.2) is 0 Å². The Morgan fingerprint density at radius 3 is 2.67 bits per heavy atom. The smallest absolute Gasteiger partial charge is 0.0542 e. The maximum atomic E-state index is 6.16. The molecule has 1 aromatic carbocycles. The van der Waals surface area contributed by atoms with Gasteiger partial charge < -0.3 is 5.32 Å². The van der Waals surface area contributed by atoms with Crippen molar-refractivity contribution < 1.29 is 0 Å². The molecule has 0 heterocycles. The zero-order valence-corrected chi connectivity index (χ0v) is 13.3. The number of halogens is 2. The van der Waals surface area contributed by atoms with Crippen molar-refractivity contribution in [1.29, 1.82) is 0 Å². The highest BCUT2D eigenvalue weighted by Gasteiger charge is 2.09. The van der Waals surface area contributed by atoms with E-state index in [1.54, 1.807) is 11.8 Å². The Hall–Kier alpha value is 0.110. The van der Waals surface area contributed by atoms with Crippen molar-refractivity contribution in [1.82, 2.24) is 5.32 Å². The Bertz CT molecular complexity index is 358. The summed E-state index contributed by atoms with van der Waals surface area (Å²) in [5, 5.41) is 5.11. The Labute approximate surface area is 125 Å². The second-order valence-corrected chi connectivity index (χ2v) is 6.23. The molecule has 18 heavy (non-hydrogen) atoms. The average Bonchev–Trinajstić information content (AvgIpc) is 2.36. The van der Waals surface area contributed by atoms with E-state index in [0.29, 0.717) is 6.04 Å². The molecule has 0 aromatic heterocycles. The third kappa shape index (κ3) is 5.83. The third-order valence-electron chi connectivity index (χ3n) is 2.65.